The molecule has 1 aromatic heterocycles. The first-order chi connectivity index (χ1) is 13.8. The number of carbonyl (C=O) groups excluding carboxylic acids is 1. The molecule has 1 amide bonds. The van der Waals surface area contributed by atoms with Gasteiger partial charge in [0.25, 0.3) is 5.91 Å². The second-order valence-corrected chi connectivity index (χ2v) is 7.49. The van der Waals surface area contributed by atoms with Crippen LogP contribution in [-0.4, -0.2) is 15.9 Å². The number of benzene rings is 2. The number of rotatable bonds is 5. The number of aryl methyl sites for hydroxylation is 1. The van der Waals surface area contributed by atoms with Gasteiger partial charge in [0.05, 0.1) is 21.7 Å². The van der Waals surface area contributed by atoms with E-state index in [2.05, 4.69) is 15.3 Å². The van der Waals surface area contributed by atoms with Crippen LogP contribution in [0.4, 0.5) is 0 Å². The Morgan fingerprint density at radius 3 is 2.66 bits per heavy atom. The van der Waals surface area contributed by atoms with Crippen LogP contribution < -0.4 is 10.1 Å². The summed E-state index contributed by atoms with van der Waals surface area (Å²) in [7, 11) is 0. The van der Waals surface area contributed by atoms with Crippen molar-refractivity contribution in [3.8, 4) is 17.6 Å². The summed E-state index contributed by atoms with van der Waals surface area (Å²) in [4.78, 5) is 19.0. The number of amides is 1. The predicted octanol–water partition coefficient (Wildman–Crippen LogP) is 5.93. The second-order valence-electron chi connectivity index (χ2n) is 5.91. The predicted molar refractivity (Wildman–Crippen MR) is 112 cm³/mol. The molecule has 10 heteroatoms. The van der Waals surface area contributed by atoms with Crippen molar-refractivity contribution in [1.82, 2.24) is 15.3 Å². The number of ether oxygens (including phenoxy) is 1. The van der Waals surface area contributed by atoms with Crippen molar-refractivity contribution >= 4 is 52.3 Å². The molecule has 0 atom stereocenters. The van der Waals surface area contributed by atoms with Crippen LogP contribution in [0.1, 0.15) is 27.4 Å². The van der Waals surface area contributed by atoms with Crippen molar-refractivity contribution in [2.45, 2.75) is 13.5 Å². The lowest BCUT2D eigenvalue weighted by Gasteiger charge is -2.14. The normalized spacial score (nSPS) is 10.5. The number of aromatic amines is 1. The van der Waals surface area contributed by atoms with Crippen LogP contribution in [0.25, 0.3) is 0 Å². The van der Waals surface area contributed by atoms with Gasteiger partial charge in [-0.25, -0.2) is 4.98 Å². The number of imidazole rings is 1. The van der Waals surface area contributed by atoms with E-state index in [1.165, 1.54) is 18.2 Å². The van der Waals surface area contributed by atoms with Crippen LogP contribution >= 0.6 is 46.4 Å². The molecule has 6 nitrogen and oxygen atoms in total. The summed E-state index contributed by atoms with van der Waals surface area (Å²) in [6, 6.07) is 9.80. The minimum Gasteiger partial charge on any atom is -0.454 e. The summed E-state index contributed by atoms with van der Waals surface area (Å²) in [5, 5.41) is 12.7. The number of nitriles is 1. The van der Waals surface area contributed by atoms with Crippen molar-refractivity contribution in [1.29, 1.82) is 5.26 Å². The summed E-state index contributed by atoms with van der Waals surface area (Å²) in [6.45, 7) is 1.79. The van der Waals surface area contributed by atoms with Gasteiger partial charge in [0, 0.05) is 11.6 Å². The number of H-pyrrole nitrogens is 1. The molecule has 0 spiro atoms. The maximum Gasteiger partial charge on any atom is 0.271 e. The smallest absolute Gasteiger partial charge is 0.271 e. The monoisotopic (exact) mass is 468 g/mol. The lowest BCUT2D eigenvalue weighted by Crippen LogP contribution is -2.23. The average molecular weight is 470 g/mol. The molecule has 1 heterocycles. The largest absolute Gasteiger partial charge is 0.454 e. The highest BCUT2D eigenvalue weighted by molar-refractivity contribution is 6.37. The van der Waals surface area contributed by atoms with E-state index >= 15 is 0 Å². The standard InChI is InChI=1S/C19H12Cl4N4O2/c1-9-26-16(18(23)27-9)19(28)25-8-11-2-3-14(21)17(15(11)22)29-13-5-10(7-24)4-12(20)6-13/h2-6H,8H2,1H3,(H,25,28)(H,26,27). The van der Waals surface area contributed by atoms with Gasteiger partial charge in [-0.1, -0.05) is 52.5 Å². The highest BCUT2D eigenvalue weighted by atomic mass is 35.5. The third kappa shape index (κ3) is 4.95. The van der Waals surface area contributed by atoms with Crippen LogP contribution in [0.3, 0.4) is 0 Å². The Labute approximate surface area is 186 Å². The van der Waals surface area contributed by atoms with Crippen LogP contribution in [0, 0.1) is 18.3 Å². The van der Waals surface area contributed by atoms with Crippen LogP contribution in [-0.2, 0) is 6.54 Å². The molecule has 0 unspecified atom stereocenters. The summed E-state index contributed by atoms with van der Waals surface area (Å²) >= 11 is 24.6. The van der Waals surface area contributed by atoms with Gasteiger partial charge in [0.15, 0.2) is 10.9 Å². The minimum atomic E-state index is -0.433. The molecule has 2 aromatic carbocycles. The van der Waals surface area contributed by atoms with Crippen molar-refractivity contribution in [3.05, 3.63) is 73.2 Å². The Balaban J connectivity index is 1.82. The molecule has 0 saturated carbocycles. The molecule has 3 rings (SSSR count). The summed E-state index contributed by atoms with van der Waals surface area (Å²) in [5.41, 5.74) is 1.05. The molecule has 0 aliphatic rings. The average Bonchev–Trinajstić information content (AvgIpc) is 3.02. The fourth-order valence-corrected chi connectivity index (χ4v) is 3.48. The summed E-state index contributed by atoms with van der Waals surface area (Å²) in [6.07, 6.45) is 0. The SMILES string of the molecule is Cc1nc(Cl)c(C(=O)NCc2ccc(Cl)c(Oc3cc(Cl)cc(C#N)c3)c2Cl)[nH]1. The number of hydrogen-bond acceptors (Lipinski definition) is 4. The molecule has 2 N–H and O–H groups in total. The number of nitrogens with zero attached hydrogens (tertiary/aromatic N) is 2. The minimum absolute atomic E-state index is 0.0838. The van der Waals surface area contributed by atoms with Crippen molar-refractivity contribution in [2.24, 2.45) is 0 Å². The van der Waals surface area contributed by atoms with Crippen molar-refractivity contribution in [2.75, 3.05) is 0 Å². The van der Waals surface area contributed by atoms with Gasteiger partial charge in [-0.15, -0.1) is 0 Å². The van der Waals surface area contributed by atoms with E-state index in [-0.39, 0.29) is 33.2 Å². The fraction of sp³-hybridized carbons (Fsp3) is 0.105. The molecular formula is C19H12Cl4N4O2. The first-order valence-corrected chi connectivity index (χ1v) is 9.65. The van der Waals surface area contributed by atoms with Crippen LogP contribution in [0.2, 0.25) is 20.2 Å². The zero-order valence-corrected chi connectivity index (χ0v) is 17.8. The number of carbonyl (C=O) groups is 1. The van der Waals surface area contributed by atoms with Gasteiger partial charge >= 0.3 is 0 Å². The lowest BCUT2D eigenvalue weighted by molar-refractivity contribution is 0.0946. The Bertz CT molecular complexity index is 1140. The van der Waals surface area contributed by atoms with Gasteiger partial charge in [-0.05, 0) is 36.8 Å². The zero-order chi connectivity index (χ0) is 21.1. The van der Waals surface area contributed by atoms with Gasteiger partial charge in [0.2, 0.25) is 0 Å². The molecule has 3 aromatic rings. The third-order valence-corrected chi connectivity index (χ3v) is 5.00. The number of hydrogen-bond donors (Lipinski definition) is 2. The molecule has 0 bridgehead atoms. The van der Waals surface area contributed by atoms with Crippen molar-refractivity contribution in [3.63, 3.8) is 0 Å². The van der Waals surface area contributed by atoms with E-state index in [9.17, 15) is 4.79 Å². The molecule has 148 valence electrons. The van der Waals surface area contributed by atoms with E-state index < -0.39 is 5.91 Å². The van der Waals surface area contributed by atoms with E-state index in [4.69, 9.17) is 56.4 Å². The number of nitrogens with one attached hydrogen (secondary N) is 2. The molecule has 0 aliphatic carbocycles. The molecule has 0 saturated heterocycles. The molecule has 0 fully saturated rings. The van der Waals surface area contributed by atoms with Gasteiger partial charge < -0.3 is 15.0 Å². The van der Waals surface area contributed by atoms with E-state index in [0.29, 0.717) is 27.7 Å². The van der Waals surface area contributed by atoms with E-state index in [0.717, 1.165) is 0 Å². The van der Waals surface area contributed by atoms with Gasteiger partial charge in [-0.2, -0.15) is 5.26 Å². The fourth-order valence-electron chi connectivity index (χ4n) is 2.49. The third-order valence-electron chi connectivity index (χ3n) is 3.79. The first kappa shape index (κ1) is 21.3. The van der Waals surface area contributed by atoms with Crippen molar-refractivity contribution < 1.29 is 9.53 Å². The topological polar surface area (TPSA) is 90.8 Å². The molecule has 29 heavy (non-hydrogen) atoms. The first-order valence-electron chi connectivity index (χ1n) is 8.14. The molecule has 0 radical (unpaired) electrons. The lowest BCUT2D eigenvalue weighted by atomic mass is 10.2. The zero-order valence-electron chi connectivity index (χ0n) is 14.8. The second kappa shape index (κ2) is 8.93. The Morgan fingerprint density at radius 2 is 2.00 bits per heavy atom. The maximum absolute atomic E-state index is 12.3. The van der Waals surface area contributed by atoms with Gasteiger partial charge in [0.1, 0.15) is 17.3 Å². The summed E-state index contributed by atoms with van der Waals surface area (Å²) < 4.78 is 5.77. The Hall–Kier alpha value is -2.43. The van der Waals surface area contributed by atoms with E-state index in [1.54, 1.807) is 19.1 Å². The summed E-state index contributed by atoms with van der Waals surface area (Å²) in [5.74, 6) is 0.580. The maximum atomic E-state index is 12.3. The van der Waals surface area contributed by atoms with Gasteiger partial charge in [-0.3, -0.25) is 4.79 Å². The quantitative estimate of drug-likeness (QED) is 0.484. The number of aromatic nitrogens is 2. The molecule has 0 aliphatic heterocycles. The Morgan fingerprint density at radius 1 is 1.24 bits per heavy atom. The highest BCUT2D eigenvalue weighted by Crippen LogP contribution is 2.39. The Kier molecular flexibility index (Phi) is 6.56. The van der Waals surface area contributed by atoms with Crippen LogP contribution in [0.5, 0.6) is 11.5 Å². The van der Waals surface area contributed by atoms with E-state index in [1.807, 2.05) is 6.07 Å². The molecular weight excluding hydrogens is 458 g/mol. The highest BCUT2D eigenvalue weighted by Gasteiger charge is 2.17. The number of halogens is 4. The van der Waals surface area contributed by atoms with Crippen LogP contribution in [0.15, 0.2) is 30.3 Å².